The van der Waals surface area contributed by atoms with Gasteiger partial charge in [0, 0.05) is 25.9 Å². The zero-order valence-electron chi connectivity index (χ0n) is 12.2. The lowest BCUT2D eigenvalue weighted by Crippen LogP contribution is -2.14. The molecule has 1 aliphatic carbocycles. The SMILES string of the molecule is Cc1nc(NC(=O)C[C@H]2C=CCC2)sc1-c1nccn1C. The van der Waals surface area contributed by atoms with Gasteiger partial charge in [0.15, 0.2) is 11.0 Å². The van der Waals surface area contributed by atoms with Crippen LogP contribution in [0.5, 0.6) is 0 Å². The molecule has 2 aromatic rings. The van der Waals surface area contributed by atoms with Crippen LogP contribution in [-0.4, -0.2) is 20.4 Å². The van der Waals surface area contributed by atoms with E-state index in [1.54, 1.807) is 6.20 Å². The average Bonchev–Trinajstić information content (AvgIpc) is 3.12. The molecule has 0 spiro atoms. The molecule has 5 nitrogen and oxygen atoms in total. The number of carbonyl (C=O) groups excluding carboxylic acids is 1. The maximum Gasteiger partial charge on any atom is 0.226 e. The molecule has 1 N–H and O–H groups in total. The van der Waals surface area contributed by atoms with Gasteiger partial charge in [0.05, 0.1) is 10.6 Å². The van der Waals surface area contributed by atoms with Gasteiger partial charge in [-0.3, -0.25) is 4.79 Å². The Bertz CT molecular complexity index is 686. The molecule has 21 heavy (non-hydrogen) atoms. The second kappa shape index (κ2) is 5.81. The van der Waals surface area contributed by atoms with Crippen LogP contribution in [0.2, 0.25) is 0 Å². The lowest BCUT2D eigenvalue weighted by Gasteiger charge is -2.06. The van der Waals surface area contributed by atoms with E-state index in [1.807, 2.05) is 24.7 Å². The number of thiazole rings is 1. The minimum Gasteiger partial charge on any atom is -0.333 e. The third kappa shape index (κ3) is 3.05. The summed E-state index contributed by atoms with van der Waals surface area (Å²) in [6.07, 6.45) is 10.6. The van der Waals surface area contributed by atoms with Crippen molar-refractivity contribution in [3.8, 4) is 10.7 Å². The minimum atomic E-state index is 0.0340. The van der Waals surface area contributed by atoms with E-state index < -0.39 is 0 Å². The van der Waals surface area contributed by atoms with E-state index in [9.17, 15) is 4.79 Å². The Morgan fingerprint density at radius 1 is 1.57 bits per heavy atom. The summed E-state index contributed by atoms with van der Waals surface area (Å²) in [5, 5.41) is 3.56. The molecule has 1 aliphatic rings. The quantitative estimate of drug-likeness (QED) is 0.883. The largest absolute Gasteiger partial charge is 0.333 e. The summed E-state index contributed by atoms with van der Waals surface area (Å²) in [4.78, 5) is 21.8. The average molecular weight is 302 g/mol. The number of nitrogens with one attached hydrogen (secondary N) is 1. The monoisotopic (exact) mass is 302 g/mol. The maximum atomic E-state index is 12.0. The van der Waals surface area contributed by atoms with Crippen molar-refractivity contribution in [2.75, 3.05) is 5.32 Å². The number of aryl methyl sites for hydroxylation is 2. The lowest BCUT2D eigenvalue weighted by molar-refractivity contribution is -0.116. The molecule has 3 rings (SSSR count). The molecule has 6 heteroatoms. The standard InChI is InChI=1S/C15H18N4OS/c1-10-13(14-16-7-8-19(14)2)21-15(17-10)18-12(20)9-11-5-3-4-6-11/h3,5,7-8,11H,4,6,9H2,1-2H3,(H,17,18,20)/t11-/m0/s1. The highest BCUT2D eigenvalue weighted by Crippen LogP contribution is 2.31. The van der Waals surface area contributed by atoms with Crippen LogP contribution in [0.15, 0.2) is 24.5 Å². The third-order valence-electron chi connectivity index (χ3n) is 3.63. The number of nitrogens with zero attached hydrogens (tertiary/aromatic N) is 3. The molecular formula is C15H18N4OS. The van der Waals surface area contributed by atoms with E-state index in [4.69, 9.17) is 0 Å². The smallest absolute Gasteiger partial charge is 0.226 e. The van der Waals surface area contributed by atoms with Crippen LogP contribution in [0.4, 0.5) is 5.13 Å². The highest BCUT2D eigenvalue weighted by Gasteiger charge is 2.17. The molecule has 0 radical (unpaired) electrons. The molecule has 0 aromatic carbocycles. The first kappa shape index (κ1) is 14.0. The number of allylic oxidation sites excluding steroid dienone is 2. The molecule has 1 amide bonds. The van der Waals surface area contributed by atoms with Gasteiger partial charge in [0.25, 0.3) is 0 Å². The van der Waals surface area contributed by atoms with Crippen LogP contribution in [0.3, 0.4) is 0 Å². The Labute approximate surface area is 127 Å². The van der Waals surface area contributed by atoms with E-state index in [0.29, 0.717) is 17.5 Å². The van der Waals surface area contributed by atoms with Crippen LogP contribution in [0.1, 0.15) is 25.0 Å². The first-order valence-electron chi connectivity index (χ1n) is 7.05. The second-order valence-corrected chi connectivity index (χ2v) is 6.31. The number of rotatable bonds is 4. The first-order chi connectivity index (χ1) is 10.1. The van der Waals surface area contributed by atoms with Gasteiger partial charge < -0.3 is 9.88 Å². The van der Waals surface area contributed by atoms with Gasteiger partial charge in [0.1, 0.15) is 0 Å². The van der Waals surface area contributed by atoms with Crippen LogP contribution >= 0.6 is 11.3 Å². The normalized spacial score (nSPS) is 17.3. The fourth-order valence-corrected chi connectivity index (χ4v) is 3.54. The van der Waals surface area contributed by atoms with Crippen molar-refractivity contribution in [3.63, 3.8) is 0 Å². The number of aromatic nitrogens is 3. The molecule has 2 aromatic heterocycles. The van der Waals surface area contributed by atoms with Crippen molar-refractivity contribution in [3.05, 3.63) is 30.2 Å². The van der Waals surface area contributed by atoms with Gasteiger partial charge in [-0.1, -0.05) is 23.5 Å². The zero-order valence-corrected chi connectivity index (χ0v) is 13.0. The number of carbonyl (C=O) groups is 1. The maximum absolute atomic E-state index is 12.0. The first-order valence-corrected chi connectivity index (χ1v) is 7.87. The molecule has 0 fully saturated rings. The molecule has 0 saturated carbocycles. The number of hydrogen-bond acceptors (Lipinski definition) is 4. The molecule has 0 aliphatic heterocycles. The third-order valence-corrected chi connectivity index (χ3v) is 4.70. The van der Waals surface area contributed by atoms with Gasteiger partial charge in [-0.2, -0.15) is 0 Å². The number of amides is 1. The Balaban J connectivity index is 1.71. The summed E-state index contributed by atoms with van der Waals surface area (Å²) < 4.78 is 1.95. The number of imidazole rings is 1. The fourth-order valence-electron chi connectivity index (χ4n) is 2.52. The molecular weight excluding hydrogens is 284 g/mol. The van der Waals surface area contributed by atoms with Crippen LogP contribution < -0.4 is 5.32 Å². The molecule has 0 saturated heterocycles. The van der Waals surface area contributed by atoms with Gasteiger partial charge in [-0.05, 0) is 25.7 Å². The van der Waals surface area contributed by atoms with Crippen molar-refractivity contribution < 1.29 is 4.79 Å². The Morgan fingerprint density at radius 2 is 2.43 bits per heavy atom. The Hall–Kier alpha value is -1.95. The van der Waals surface area contributed by atoms with Gasteiger partial charge in [-0.25, -0.2) is 9.97 Å². The molecule has 2 heterocycles. The van der Waals surface area contributed by atoms with Crippen LogP contribution in [-0.2, 0) is 11.8 Å². The summed E-state index contributed by atoms with van der Waals surface area (Å²) in [6, 6.07) is 0. The van der Waals surface area contributed by atoms with Crippen molar-refractivity contribution in [2.45, 2.75) is 26.2 Å². The summed E-state index contributed by atoms with van der Waals surface area (Å²) >= 11 is 1.47. The Morgan fingerprint density at radius 3 is 3.10 bits per heavy atom. The van der Waals surface area contributed by atoms with Gasteiger partial charge in [0.2, 0.25) is 5.91 Å². The summed E-state index contributed by atoms with van der Waals surface area (Å²) in [5.41, 5.74) is 0.894. The fraction of sp³-hybridized carbons (Fsp3) is 0.400. The number of hydrogen-bond donors (Lipinski definition) is 1. The predicted molar refractivity (Wildman–Crippen MR) is 84.2 cm³/mol. The molecule has 0 unspecified atom stereocenters. The van der Waals surface area contributed by atoms with Crippen LogP contribution in [0, 0.1) is 12.8 Å². The van der Waals surface area contributed by atoms with Crippen molar-refractivity contribution in [1.29, 1.82) is 0 Å². The van der Waals surface area contributed by atoms with Crippen molar-refractivity contribution >= 4 is 22.4 Å². The van der Waals surface area contributed by atoms with E-state index in [0.717, 1.165) is 29.2 Å². The summed E-state index contributed by atoms with van der Waals surface area (Å²) in [7, 11) is 1.95. The lowest BCUT2D eigenvalue weighted by atomic mass is 10.1. The second-order valence-electron chi connectivity index (χ2n) is 5.31. The van der Waals surface area contributed by atoms with E-state index in [2.05, 4.69) is 27.4 Å². The van der Waals surface area contributed by atoms with Crippen molar-refractivity contribution in [1.82, 2.24) is 14.5 Å². The summed E-state index contributed by atoms with van der Waals surface area (Å²) in [5.74, 6) is 1.29. The van der Waals surface area contributed by atoms with Crippen LogP contribution in [0.25, 0.3) is 10.7 Å². The predicted octanol–water partition coefficient (Wildman–Crippen LogP) is 3.15. The van der Waals surface area contributed by atoms with Gasteiger partial charge in [-0.15, -0.1) is 0 Å². The highest BCUT2D eigenvalue weighted by atomic mass is 32.1. The summed E-state index contributed by atoms with van der Waals surface area (Å²) in [6.45, 7) is 1.94. The molecule has 110 valence electrons. The van der Waals surface area contributed by atoms with Gasteiger partial charge >= 0.3 is 0 Å². The van der Waals surface area contributed by atoms with E-state index >= 15 is 0 Å². The molecule has 1 atom stereocenters. The topological polar surface area (TPSA) is 59.8 Å². The Kier molecular flexibility index (Phi) is 3.88. The molecule has 0 bridgehead atoms. The number of anilines is 1. The zero-order chi connectivity index (χ0) is 14.8. The van der Waals surface area contributed by atoms with E-state index in [1.165, 1.54) is 11.3 Å². The minimum absolute atomic E-state index is 0.0340. The highest BCUT2D eigenvalue weighted by molar-refractivity contribution is 7.19. The van der Waals surface area contributed by atoms with Crippen molar-refractivity contribution in [2.24, 2.45) is 13.0 Å². The van der Waals surface area contributed by atoms with E-state index in [-0.39, 0.29) is 5.91 Å².